The van der Waals surface area contributed by atoms with E-state index in [2.05, 4.69) is 23.6 Å². The van der Waals surface area contributed by atoms with E-state index in [1.807, 2.05) is 11.6 Å². The molecule has 138 valence electrons. The lowest BCUT2D eigenvalue weighted by Gasteiger charge is -2.26. The lowest BCUT2D eigenvalue weighted by molar-refractivity contribution is -0.00716. The van der Waals surface area contributed by atoms with Gasteiger partial charge in [-0.05, 0) is 40.0 Å². The molecular weight excluding hydrogens is 316 g/mol. The summed E-state index contributed by atoms with van der Waals surface area (Å²) in [6, 6.07) is 0.780. The molecular formula is C19H30N4O2. The van der Waals surface area contributed by atoms with Gasteiger partial charge in [-0.25, -0.2) is 0 Å². The first kappa shape index (κ1) is 17.0. The highest BCUT2D eigenvalue weighted by Gasteiger charge is 2.35. The summed E-state index contributed by atoms with van der Waals surface area (Å²) in [5.74, 6) is 0.162. The normalized spacial score (nSPS) is 27.9. The van der Waals surface area contributed by atoms with E-state index in [1.54, 1.807) is 0 Å². The number of aromatic nitrogens is 2. The predicted octanol–water partition coefficient (Wildman–Crippen LogP) is 2.24. The number of carbonyl (C=O) groups excluding carboxylic acids is 1. The Labute approximate surface area is 150 Å². The predicted molar refractivity (Wildman–Crippen MR) is 95.7 cm³/mol. The second kappa shape index (κ2) is 6.72. The lowest BCUT2D eigenvalue weighted by atomic mass is 9.99. The molecule has 4 rings (SSSR count). The molecule has 0 spiro atoms. The Hall–Kier alpha value is -1.40. The van der Waals surface area contributed by atoms with Crippen LogP contribution < -0.4 is 0 Å². The van der Waals surface area contributed by atoms with E-state index in [4.69, 9.17) is 9.84 Å². The molecule has 0 bridgehead atoms. The van der Waals surface area contributed by atoms with Gasteiger partial charge in [-0.3, -0.25) is 14.4 Å². The van der Waals surface area contributed by atoms with E-state index in [1.165, 1.54) is 12.8 Å². The van der Waals surface area contributed by atoms with Crippen molar-refractivity contribution in [3.63, 3.8) is 0 Å². The quantitative estimate of drug-likeness (QED) is 0.842. The van der Waals surface area contributed by atoms with Crippen LogP contribution in [-0.4, -0.2) is 63.8 Å². The number of amides is 1. The maximum atomic E-state index is 13.4. The van der Waals surface area contributed by atoms with Gasteiger partial charge in [0.1, 0.15) is 5.69 Å². The van der Waals surface area contributed by atoms with E-state index >= 15 is 0 Å². The van der Waals surface area contributed by atoms with E-state index in [9.17, 15) is 4.79 Å². The third-order valence-corrected chi connectivity index (χ3v) is 5.78. The van der Waals surface area contributed by atoms with Gasteiger partial charge in [-0.1, -0.05) is 0 Å². The van der Waals surface area contributed by atoms with Crippen LogP contribution >= 0.6 is 0 Å². The minimum absolute atomic E-state index is 0.0346. The fourth-order valence-electron chi connectivity index (χ4n) is 4.36. The molecule has 2 aliphatic heterocycles. The van der Waals surface area contributed by atoms with E-state index < -0.39 is 0 Å². The molecule has 0 N–H and O–H groups in total. The molecule has 1 amide bonds. The van der Waals surface area contributed by atoms with Crippen molar-refractivity contribution in [3.8, 4) is 0 Å². The fraction of sp³-hybridized carbons (Fsp3) is 0.789. The Kier molecular flexibility index (Phi) is 4.58. The van der Waals surface area contributed by atoms with Crippen LogP contribution in [0.25, 0.3) is 0 Å². The topological polar surface area (TPSA) is 50.6 Å². The summed E-state index contributed by atoms with van der Waals surface area (Å²) < 4.78 is 7.81. The standard InChI is InChI=1S/C19H30N4O2/c1-4-23-18(16-12-13(2)25-14(3)17(16)20-23)19(24)22-9-5-8-21(10-11-22)15-6-7-15/h13-15H,4-12H2,1-3H3/t13-,14+/m0/s1. The zero-order valence-electron chi connectivity index (χ0n) is 15.7. The summed E-state index contributed by atoms with van der Waals surface area (Å²) in [6.45, 7) is 10.7. The van der Waals surface area contributed by atoms with Gasteiger partial charge in [0.2, 0.25) is 0 Å². The molecule has 25 heavy (non-hydrogen) atoms. The number of rotatable bonds is 3. The highest BCUT2D eigenvalue weighted by atomic mass is 16.5. The molecule has 2 fully saturated rings. The number of nitrogens with zero attached hydrogens (tertiary/aromatic N) is 4. The highest BCUT2D eigenvalue weighted by molar-refractivity contribution is 5.94. The fourth-order valence-corrected chi connectivity index (χ4v) is 4.36. The Morgan fingerprint density at radius 3 is 2.72 bits per heavy atom. The van der Waals surface area contributed by atoms with Crippen molar-refractivity contribution in [1.82, 2.24) is 19.6 Å². The molecule has 1 aromatic heterocycles. The Morgan fingerprint density at radius 2 is 2.00 bits per heavy atom. The monoisotopic (exact) mass is 346 g/mol. The molecule has 0 radical (unpaired) electrons. The average molecular weight is 346 g/mol. The number of hydrogen-bond donors (Lipinski definition) is 0. The maximum absolute atomic E-state index is 13.4. The van der Waals surface area contributed by atoms with Crippen LogP contribution in [0.2, 0.25) is 0 Å². The van der Waals surface area contributed by atoms with Crippen LogP contribution in [0.15, 0.2) is 0 Å². The molecule has 1 saturated heterocycles. The van der Waals surface area contributed by atoms with E-state index in [0.717, 1.165) is 68.6 Å². The average Bonchev–Trinajstić information content (AvgIpc) is 3.37. The highest BCUT2D eigenvalue weighted by Crippen LogP contribution is 2.32. The molecule has 6 nitrogen and oxygen atoms in total. The summed E-state index contributed by atoms with van der Waals surface area (Å²) in [5, 5.41) is 4.71. The van der Waals surface area contributed by atoms with Crippen LogP contribution in [0.3, 0.4) is 0 Å². The van der Waals surface area contributed by atoms with Crippen LogP contribution in [-0.2, 0) is 17.7 Å². The molecule has 1 aromatic rings. The number of carbonyl (C=O) groups is 1. The molecule has 0 unspecified atom stereocenters. The van der Waals surface area contributed by atoms with Crippen LogP contribution in [0.1, 0.15) is 67.9 Å². The third-order valence-electron chi connectivity index (χ3n) is 5.78. The number of fused-ring (bicyclic) bond motifs is 1. The number of ether oxygens (including phenoxy) is 1. The van der Waals surface area contributed by atoms with Crippen molar-refractivity contribution < 1.29 is 9.53 Å². The van der Waals surface area contributed by atoms with Crippen molar-refractivity contribution in [2.75, 3.05) is 26.2 Å². The van der Waals surface area contributed by atoms with Gasteiger partial charge in [0, 0.05) is 50.7 Å². The number of aryl methyl sites for hydroxylation is 1. The number of hydrogen-bond acceptors (Lipinski definition) is 4. The third kappa shape index (κ3) is 3.22. The summed E-state index contributed by atoms with van der Waals surface area (Å²) in [4.78, 5) is 18.0. The SMILES string of the molecule is CCn1nc2c(c1C(=O)N1CCCN(C3CC3)CC1)C[C@H](C)O[C@@H]2C. The molecule has 0 aromatic carbocycles. The Morgan fingerprint density at radius 1 is 1.20 bits per heavy atom. The maximum Gasteiger partial charge on any atom is 0.272 e. The van der Waals surface area contributed by atoms with Gasteiger partial charge in [-0.2, -0.15) is 5.10 Å². The first-order valence-electron chi connectivity index (χ1n) is 9.86. The largest absolute Gasteiger partial charge is 0.369 e. The van der Waals surface area contributed by atoms with Crippen LogP contribution in [0.5, 0.6) is 0 Å². The molecule has 1 saturated carbocycles. The zero-order chi connectivity index (χ0) is 17.6. The summed E-state index contributed by atoms with van der Waals surface area (Å²) in [7, 11) is 0. The van der Waals surface area contributed by atoms with Crippen molar-refractivity contribution in [2.24, 2.45) is 0 Å². The zero-order valence-corrected chi connectivity index (χ0v) is 15.7. The van der Waals surface area contributed by atoms with Gasteiger partial charge in [0.25, 0.3) is 5.91 Å². The van der Waals surface area contributed by atoms with Crippen molar-refractivity contribution in [1.29, 1.82) is 0 Å². The van der Waals surface area contributed by atoms with Crippen molar-refractivity contribution in [3.05, 3.63) is 17.0 Å². The summed E-state index contributed by atoms with van der Waals surface area (Å²) in [6.07, 6.45) is 4.62. The van der Waals surface area contributed by atoms with Crippen molar-refractivity contribution >= 4 is 5.91 Å². The molecule has 6 heteroatoms. The van der Waals surface area contributed by atoms with Gasteiger partial charge in [-0.15, -0.1) is 0 Å². The molecule has 3 aliphatic rings. The van der Waals surface area contributed by atoms with E-state index in [-0.39, 0.29) is 18.1 Å². The second-order valence-electron chi connectivity index (χ2n) is 7.73. The lowest BCUT2D eigenvalue weighted by Crippen LogP contribution is -2.37. The van der Waals surface area contributed by atoms with Gasteiger partial charge < -0.3 is 9.64 Å². The second-order valence-corrected chi connectivity index (χ2v) is 7.73. The molecule has 2 atom stereocenters. The summed E-state index contributed by atoms with van der Waals surface area (Å²) in [5.41, 5.74) is 2.87. The van der Waals surface area contributed by atoms with Gasteiger partial charge >= 0.3 is 0 Å². The molecule has 3 heterocycles. The van der Waals surface area contributed by atoms with Gasteiger partial charge in [0.15, 0.2) is 0 Å². The minimum atomic E-state index is -0.0346. The first-order valence-corrected chi connectivity index (χ1v) is 9.86. The Balaban J connectivity index is 1.59. The van der Waals surface area contributed by atoms with Gasteiger partial charge in [0.05, 0.1) is 17.9 Å². The van der Waals surface area contributed by atoms with E-state index in [0.29, 0.717) is 0 Å². The smallest absolute Gasteiger partial charge is 0.272 e. The minimum Gasteiger partial charge on any atom is -0.369 e. The Bertz CT molecular complexity index is 652. The van der Waals surface area contributed by atoms with Crippen molar-refractivity contribution in [2.45, 2.75) is 71.2 Å². The molecule has 1 aliphatic carbocycles. The summed E-state index contributed by atoms with van der Waals surface area (Å²) >= 11 is 0. The first-order chi connectivity index (χ1) is 12.1. The van der Waals surface area contributed by atoms with Crippen LogP contribution in [0.4, 0.5) is 0 Å². The van der Waals surface area contributed by atoms with Crippen LogP contribution in [0, 0.1) is 0 Å².